The molecule has 1 saturated heterocycles. The van der Waals surface area contributed by atoms with Crippen molar-refractivity contribution < 1.29 is 4.39 Å². The van der Waals surface area contributed by atoms with Crippen molar-refractivity contribution in [1.82, 2.24) is 20.4 Å². The molecule has 2 N–H and O–H groups in total. The van der Waals surface area contributed by atoms with Gasteiger partial charge in [-0.25, -0.2) is 9.38 Å². The number of guanidine groups is 1. The van der Waals surface area contributed by atoms with Crippen molar-refractivity contribution >= 4 is 29.9 Å². The van der Waals surface area contributed by atoms with E-state index >= 15 is 0 Å². The predicted octanol–water partition coefficient (Wildman–Crippen LogP) is 2.44. The number of hydrogen-bond acceptors (Lipinski definition) is 3. The lowest BCUT2D eigenvalue weighted by atomic mass is 10.1. The number of halogens is 2. The average Bonchev–Trinajstić information content (AvgIpc) is 2.63. The minimum absolute atomic E-state index is 0. The summed E-state index contributed by atoms with van der Waals surface area (Å²) < 4.78 is 13.6. The SMILES string of the molecule is CCNC(=NCc1ccc(C)c(F)c1)NCCN1CCN(CC)CC1.I. The largest absolute Gasteiger partial charge is 0.357 e. The predicted molar refractivity (Wildman–Crippen MR) is 118 cm³/mol. The van der Waals surface area contributed by atoms with E-state index in [2.05, 4.69) is 32.3 Å². The maximum Gasteiger partial charge on any atom is 0.191 e. The van der Waals surface area contributed by atoms with Gasteiger partial charge in [0.2, 0.25) is 0 Å². The number of hydrogen-bond donors (Lipinski definition) is 2. The van der Waals surface area contributed by atoms with Gasteiger partial charge in [0, 0.05) is 45.8 Å². The van der Waals surface area contributed by atoms with Gasteiger partial charge in [-0.1, -0.05) is 19.1 Å². The van der Waals surface area contributed by atoms with Gasteiger partial charge in [0.05, 0.1) is 6.54 Å². The number of aryl methyl sites for hydroxylation is 1. The molecule has 1 aromatic rings. The second-order valence-corrected chi connectivity index (χ2v) is 6.48. The normalized spacial score (nSPS) is 16.2. The van der Waals surface area contributed by atoms with E-state index in [-0.39, 0.29) is 29.8 Å². The monoisotopic (exact) mass is 477 g/mol. The summed E-state index contributed by atoms with van der Waals surface area (Å²) in [5.74, 6) is 0.618. The van der Waals surface area contributed by atoms with Crippen LogP contribution in [0.25, 0.3) is 0 Å². The van der Waals surface area contributed by atoms with Gasteiger partial charge in [-0.3, -0.25) is 4.90 Å². The van der Waals surface area contributed by atoms with Gasteiger partial charge in [0.15, 0.2) is 5.96 Å². The molecule has 0 aromatic heterocycles. The third-order valence-electron chi connectivity index (χ3n) is 4.63. The molecule has 1 aliphatic heterocycles. The Bertz CT molecular complexity index is 559. The smallest absolute Gasteiger partial charge is 0.191 e. The summed E-state index contributed by atoms with van der Waals surface area (Å²) in [6.07, 6.45) is 0. The molecule has 1 aliphatic rings. The molecule has 148 valence electrons. The second kappa shape index (κ2) is 12.5. The maximum absolute atomic E-state index is 13.6. The fourth-order valence-corrected chi connectivity index (χ4v) is 2.91. The van der Waals surface area contributed by atoms with Crippen molar-refractivity contribution in [3.63, 3.8) is 0 Å². The molecule has 0 spiro atoms. The molecule has 1 heterocycles. The van der Waals surface area contributed by atoms with Gasteiger partial charge in [-0.05, 0) is 37.6 Å². The standard InChI is InChI=1S/C19H32FN5.HI/c1-4-21-19(23-15-17-7-6-16(3)18(20)14-17)22-8-9-25-12-10-24(5-2)11-13-25;/h6-7,14H,4-5,8-13,15H2,1-3H3,(H2,21,22,23);1H. The van der Waals surface area contributed by atoms with Crippen LogP contribution in [0.5, 0.6) is 0 Å². The highest BCUT2D eigenvalue weighted by Gasteiger charge is 2.14. The van der Waals surface area contributed by atoms with E-state index in [1.807, 2.05) is 13.0 Å². The molecule has 0 amide bonds. The Labute approximate surface area is 174 Å². The minimum Gasteiger partial charge on any atom is -0.357 e. The number of likely N-dealkylation sites (N-methyl/N-ethyl adjacent to an activating group) is 1. The fraction of sp³-hybridized carbons (Fsp3) is 0.632. The average molecular weight is 477 g/mol. The minimum atomic E-state index is -0.170. The van der Waals surface area contributed by atoms with Gasteiger partial charge in [0.1, 0.15) is 5.82 Å². The van der Waals surface area contributed by atoms with Crippen LogP contribution in [0.2, 0.25) is 0 Å². The molecule has 0 unspecified atom stereocenters. The Hall–Kier alpha value is -0.930. The number of rotatable bonds is 7. The highest BCUT2D eigenvalue weighted by molar-refractivity contribution is 14.0. The van der Waals surface area contributed by atoms with E-state index in [1.165, 1.54) is 0 Å². The summed E-state index contributed by atoms with van der Waals surface area (Å²) in [5.41, 5.74) is 1.55. The van der Waals surface area contributed by atoms with Gasteiger partial charge in [0.25, 0.3) is 0 Å². The molecule has 7 heteroatoms. The van der Waals surface area contributed by atoms with E-state index in [0.717, 1.165) is 63.9 Å². The van der Waals surface area contributed by atoms with Crippen LogP contribution in [0.15, 0.2) is 23.2 Å². The molecule has 26 heavy (non-hydrogen) atoms. The first-order chi connectivity index (χ1) is 12.1. The van der Waals surface area contributed by atoms with Crippen molar-refractivity contribution in [2.24, 2.45) is 4.99 Å². The first-order valence-corrected chi connectivity index (χ1v) is 9.34. The van der Waals surface area contributed by atoms with Crippen LogP contribution in [-0.4, -0.2) is 68.1 Å². The second-order valence-electron chi connectivity index (χ2n) is 6.48. The summed E-state index contributed by atoms with van der Waals surface area (Å²) >= 11 is 0. The molecular formula is C19H33FIN5. The molecule has 1 fully saturated rings. The van der Waals surface area contributed by atoms with Crippen molar-refractivity contribution in [3.05, 3.63) is 35.1 Å². The van der Waals surface area contributed by atoms with Gasteiger partial charge >= 0.3 is 0 Å². The van der Waals surface area contributed by atoms with Crippen LogP contribution >= 0.6 is 24.0 Å². The third-order valence-corrected chi connectivity index (χ3v) is 4.63. The van der Waals surface area contributed by atoms with Gasteiger partial charge in [-0.2, -0.15) is 0 Å². The van der Waals surface area contributed by atoms with Crippen LogP contribution < -0.4 is 10.6 Å². The molecule has 5 nitrogen and oxygen atoms in total. The van der Waals surface area contributed by atoms with E-state index in [4.69, 9.17) is 0 Å². The third kappa shape index (κ3) is 7.75. The summed E-state index contributed by atoms with van der Waals surface area (Å²) in [6.45, 7) is 14.9. The number of nitrogens with one attached hydrogen (secondary N) is 2. The number of piperazine rings is 1. The lowest BCUT2D eigenvalue weighted by molar-refractivity contribution is 0.139. The maximum atomic E-state index is 13.6. The molecule has 0 aliphatic carbocycles. The summed E-state index contributed by atoms with van der Waals surface area (Å²) in [7, 11) is 0. The quantitative estimate of drug-likeness (QED) is 0.360. The number of benzene rings is 1. The van der Waals surface area contributed by atoms with E-state index in [9.17, 15) is 4.39 Å². The zero-order valence-corrected chi connectivity index (χ0v) is 18.6. The van der Waals surface area contributed by atoms with E-state index in [0.29, 0.717) is 12.1 Å². The number of aliphatic imine (C=N–C) groups is 1. The Morgan fingerprint density at radius 2 is 1.81 bits per heavy atom. The van der Waals surface area contributed by atoms with Crippen LogP contribution in [0.1, 0.15) is 25.0 Å². The Morgan fingerprint density at radius 3 is 2.42 bits per heavy atom. The van der Waals surface area contributed by atoms with E-state index < -0.39 is 0 Å². The first kappa shape index (κ1) is 23.1. The molecule has 0 bridgehead atoms. The summed E-state index contributed by atoms with van der Waals surface area (Å²) in [4.78, 5) is 9.53. The number of nitrogens with zero attached hydrogens (tertiary/aromatic N) is 3. The summed E-state index contributed by atoms with van der Waals surface area (Å²) in [6, 6.07) is 5.30. The van der Waals surface area contributed by atoms with Crippen molar-refractivity contribution in [2.75, 3.05) is 52.4 Å². The fourth-order valence-electron chi connectivity index (χ4n) is 2.91. The molecule has 0 atom stereocenters. The molecule has 2 rings (SSSR count). The Balaban J connectivity index is 0.00000338. The van der Waals surface area contributed by atoms with E-state index in [1.54, 1.807) is 19.1 Å². The first-order valence-electron chi connectivity index (χ1n) is 9.34. The highest BCUT2D eigenvalue weighted by Crippen LogP contribution is 2.10. The van der Waals surface area contributed by atoms with Crippen LogP contribution in [0, 0.1) is 12.7 Å². The lowest BCUT2D eigenvalue weighted by Gasteiger charge is -2.34. The molecule has 0 saturated carbocycles. The van der Waals surface area contributed by atoms with Crippen molar-refractivity contribution in [3.8, 4) is 0 Å². The molecular weight excluding hydrogens is 444 g/mol. The van der Waals surface area contributed by atoms with Crippen molar-refractivity contribution in [2.45, 2.75) is 27.3 Å². The zero-order chi connectivity index (χ0) is 18.1. The van der Waals surface area contributed by atoms with Gasteiger partial charge in [-0.15, -0.1) is 24.0 Å². The van der Waals surface area contributed by atoms with Crippen LogP contribution in [0.4, 0.5) is 4.39 Å². The Morgan fingerprint density at radius 1 is 1.12 bits per heavy atom. The molecule has 0 radical (unpaired) electrons. The summed E-state index contributed by atoms with van der Waals surface area (Å²) in [5, 5.41) is 6.63. The molecule has 1 aromatic carbocycles. The van der Waals surface area contributed by atoms with Crippen LogP contribution in [-0.2, 0) is 6.54 Å². The topological polar surface area (TPSA) is 42.9 Å². The lowest BCUT2D eigenvalue weighted by Crippen LogP contribution is -2.49. The van der Waals surface area contributed by atoms with Crippen molar-refractivity contribution in [1.29, 1.82) is 0 Å². The highest BCUT2D eigenvalue weighted by atomic mass is 127. The zero-order valence-electron chi connectivity index (χ0n) is 16.2. The van der Waals surface area contributed by atoms with Crippen LogP contribution in [0.3, 0.4) is 0 Å². The van der Waals surface area contributed by atoms with Gasteiger partial charge < -0.3 is 15.5 Å². The Kier molecular flexibility index (Phi) is 11.1.